The van der Waals surface area contributed by atoms with Crippen LogP contribution in [-0.4, -0.2) is 53.1 Å². The van der Waals surface area contributed by atoms with Crippen molar-refractivity contribution in [3.05, 3.63) is 98.5 Å². The van der Waals surface area contributed by atoms with Crippen LogP contribution in [0.1, 0.15) is 47.4 Å². The molecule has 0 bridgehead atoms. The molecule has 2 aromatic carbocycles. The van der Waals surface area contributed by atoms with Crippen LogP contribution >= 0.6 is 11.3 Å². The van der Waals surface area contributed by atoms with Crippen LogP contribution in [0.2, 0.25) is 0 Å². The zero-order chi connectivity index (χ0) is 31.5. The Bertz CT molecular complexity index is 1940. The molecule has 234 valence electrons. The van der Waals surface area contributed by atoms with Crippen molar-refractivity contribution in [2.24, 2.45) is 0 Å². The zero-order valence-electron chi connectivity index (χ0n) is 25.2. The highest BCUT2D eigenvalue weighted by atomic mass is 32.1. The first-order valence-electron chi connectivity index (χ1n) is 14.7. The predicted molar refractivity (Wildman–Crippen MR) is 169 cm³/mol. The number of methoxy groups -OCH3 is 1. The second-order valence-corrected chi connectivity index (χ2v) is 11.6. The molecule has 3 aromatic heterocycles. The molecule has 0 saturated carbocycles. The van der Waals surface area contributed by atoms with Gasteiger partial charge in [-0.2, -0.15) is 0 Å². The van der Waals surface area contributed by atoms with Crippen molar-refractivity contribution in [1.29, 1.82) is 0 Å². The Balaban J connectivity index is 1.58. The fourth-order valence-electron chi connectivity index (χ4n) is 5.62. The lowest BCUT2D eigenvalue weighted by atomic mass is 10.1. The number of aromatic nitrogens is 3. The third-order valence-corrected chi connectivity index (χ3v) is 9.12. The number of ether oxygens (including phenoxy) is 4. The molecule has 0 amide bonds. The molecule has 1 aliphatic rings. The highest BCUT2D eigenvalue weighted by molar-refractivity contribution is 7.22. The van der Waals surface area contributed by atoms with Gasteiger partial charge in [-0.1, -0.05) is 24.3 Å². The number of hydrogen-bond acceptors (Lipinski definition) is 10. The number of nitrogens with zero attached hydrogens (tertiary/aromatic N) is 3. The third-order valence-electron chi connectivity index (χ3n) is 7.81. The predicted octanol–water partition coefficient (Wildman–Crippen LogP) is 5.30. The van der Waals surface area contributed by atoms with E-state index in [1.165, 1.54) is 29.9 Å². The summed E-state index contributed by atoms with van der Waals surface area (Å²) in [4.78, 5) is 46.7. The molecule has 0 radical (unpaired) electrons. The van der Waals surface area contributed by atoms with E-state index in [2.05, 4.69) is 4.98 Å². The maximum atomic E-state index is 14.5. The van der Waals surface area contributed by atoms with Gasteiger partial charge < -0.3 is 23.4 Å². The minimum absolute atomic E-state index is 0.0793. The number of carbonyl (C=O) groups excluding carboxylic acids is 1. The van der Waals surface area contributed by atoms with Crippen molar-refractivity contribution < 1.29 is 28.2 Å². The molecule has 5 aromatic rings. The number of fused-ring (bicyclic) bond motifs is 1. The number of hydrogen-bond donors (Lipinski definition) is 0. The molecule has 1 aliphatic heterocycles. The van der Waals surface area contributed by atoms with Gasteiger partial charge in [0.2, 0.25) is 5.89 Å². The van der Waals surface area contributed by atoms with E-state index in [1.54, 1.807) is 36.8 Å². The molecule has 6 rings (SSSR count). The first kappa shape index (κ1) is 30.5. The summed E-state index contributed by atoms with van der Waals surface area (Å²) >= 11 is 1.26. The second-order valence-electron chi connectivity index (χ2n) is 10.6. The van der Waals surface area contributed by atoms with E-state index in [0.29, 0.717) is 58.4 Å². The molecule has 0 spiro atoms. The number of carbonyl (C=O) groups is 1. The first-order valence-corrected chi connectivity index (χ1v) is 15.5. The summed E-state index contributed by atoms with van der Waals surface area (Å²) in [6.07, 6.45) is 3.72. The normalized spacial score (nSPS) is 14.5. The average molecular weight is 632 g/mol. The molecule has 11 nitrogen and oxygen atoms in total. The van der Waals surface area contributed by atoms with Gasteiger partial charge in [0.15, 0.2) is 0 Å². The number of benzene rings is 2. The lowest BCUT2D eigenvalue weighted by molar-refractivity contribution is -0.0752. The summed E-state index contributed by atoms with van der Waals surface area (Å²) in [5.74, 6) is 0.424. The van der Waals surface area contributed by atoms with E-state index in [4.69, 9.17) is 23.4 Å². The van der Waals surface area contributed by atoms with Crippen molar-refractivity contribution in [3.8, 4) is 22.2 Å². The number of aryl methyl sites for hydroxylation is 1. The fraction of sp³-hybridized carbons (Fsp3) is 0.333. The van der Waals surface area contributed by atoms with Crippen LogP contribution in [0.3, 0.4) is 0 Å². The van der Waals surface area contributed by atoms with E-state index >= 15 is 0 Å². The Morgan fingerprint density at radius 3 is 2.67 bits per heavy atom. The molecular weight excluding hydrogens is 598 g/mol. The van der Waals surface area contributed by atoms with Gasteiger partial charge in [-0.15, -0.1) is 11.3 Å². The first-order chi connectivity index (χ1) is 21.9. The Morgan fingerprint density at radius 1 is 1.13 bits per heavy atom. The van der Waals surface area contributed by atoms with Crippen molar-refractivity contribution in [1.82, 2.24) is 14.1 Å². The van der Waals surface area contributed by atoms with E-state index in [0.717, 1.165) is 10.1 Å². The molecule has 1 fully saturated rings. The van der Waals surface area contributed by atoms with Gasteiger partial charge in [-0.3, -0.25) is 9.36 Å². The van der Waals surface area contributed by atoms with Crippen LogP contribution in [0, 0.1) is 6.92 Å². The van der Waals surface area contributed by atoms with Crippen molar-refractivity contribution in [2.75, 3.05) is 26.9 Å². The lowest BCUT2D eigenvalue weighted by Crippen LogP contribution is -2.40. The summed E-state index contributed by atoms with van der Waals surface area (Å²) in [6.45, 7) is 4.96. The number of rotatable bonds is 10. The monoisotopic (exact) mass is 631 g/mol. The van der Waals surface area contributed by atoms with Crippen LogP contribution in [-0.2, 0) is 20.8 Å². The largest absolute Gasteiger partial charge is 0.496 e. The smallest absolute Gasteiger partial charge is 0.338 e. The van der Waals surface area contributed by atoms with Gasteiger partial charge in [0.05, 0.1) is 54.1 Å². The Hall–Kier alpha value is -4.52. The SMILES string of the molecule is CCOC(=O)c1cccc(-n2c(=O)c3c(C)c(-c4ncco4)sc3n(C[C@H](OC3CCOCC3)c3ccccc3OC)c2=O)c1. The molecule has 12 heteroatoms. The molecule has 0 N–H and O–H groups in total. The van der Waals surface area contributed by atoms with Gasteiger partial charge in [-0.25, -0.2) is 19.1 Å². The van der Waals surface area contributed by atoms with Crippen molar-refractivity contribution >= 4 is 27.5 Å². The number of esters is 1. The number of para-hydroxylation sites is 1. The average Bonchev–Trinajstić information content (AvgIpc) is 3.71. The Labute approximate surface area is 262 Å². The highest BCUT2D eigenvalue weighted by Crippen LogP contribution is 2.37. The molecule has 0 aliphatic carbocycles. The van der Waals surface area contributed by atoms with Crippen LogP contribution in [0.25, 0.3) is 26.7 Å². The van der Waals surface area contributed by atoms with Crippen molar-refractivity contribution in [2.45, 2.75) is 45.4 Å². The summed E-state index contributed by atoms with van der Waals surface area (Å²) in [5.41, 5.74) is 0.779. The molecule has 1 saturated heterocycles. The minimum atomic E-state index is -0.602. The third kappa shape index (κ3) is 5.96. The molecule has 45 heavy (non-hydrogen) atoms. The van der Waals surface area contributed by atoms with E-state index in [-0.39, 0.29) is 30.5 Å². The van der Waals surface area contributed by atoms with Crippen LogP contribution in [0.4, 0.5) is 0 Å². The summed E-state index contributed by atoms with van der Waals surface area (Å²) in [5, 5.41) is 0.346. The standard InChI is InChI=1S/C33H33N3O8S/c1-4-42-32(38)21-8-7-9-22(18-21)36-30(37)27-20(2)28(29-34-14-17-43-29)45-31(27)35(33(36)39)19-26(44-23-12-15-41-16-13-23)24-10-5-6-11-25(24)40-3/h5-11,14,17-18,23,26H,4,12-13,15-16,19H2,1-3H3/t26-/m0/s1. The van der Waals surface area contributed by atoms with Gasteiger partial charge in [0, 0.05) is 18.8 Å². The van der Waals surface area contributed by atoms with Gasteiger partial charge >= 0.3 is 11.7 Å². The van der Waals surface area contributed by atoms with E-state index in [9.17, 15) is 14.4 Å². The van der Waals surface area contributed by atoms with Crippen LogP contribution in [0.15, 0.2) is 75.0 Å². The maximum absolute atomic E-state index is 14.5. The number of thiophene rings is 1. The fourth-order valence-corrected chi connectivity index (χ4v) is 6.86. The Morgan fingerprint density at radius 2 is 1.93 bits per heavy atom. The topological polar surface area (TPSA) is 124 Å². The molecular formula is C33H33N3O8S. The van der Waals surface area contributed by atoms with Gasteiger partial charge in [0.25, 0.3) is 5.56 Å². The maximum Gasteiger partial charge on any atom is 0.338 e. The van der Waals surface area contributed by atoms with E-state index < -0.39 is 23.3 Å². The minimum Gasteiger partial charge on any atom is -0.496 e. The van der Waals surface area contributed by atoms with Crippen LogP contribution in [0.5, 0.6) is 5.75 Å². The quantitative estimate of drug-likeness (QED) is 0.189. The second kappa shape index (κ2) is 13.2. The summed E-state index contributed by atoms with van der Waals surface area (Å²) < 4.78 is 31.4. The van der Waals surface area contributed by atoms with Crippen LogP contribution < -0.4 is 16.0 Å². The van der Waals surface area contributed by atoms with E-state index in [1.807, 2.05) is 31.2 Å². The molecule has 1 atom stereocenters. The molecule has 0 unspecified atom stereocenters. The molecule has 4 heterocycles. The lowest BCUT2D eigenvalue weighted by Gasteiger charge is -2.29. The summed E-state index contributed by atoms with van der Waals surface area (Å²) in [6, 6.07) is 13.9. The number of oxazole rings is 1. The van der Waals surface area contributed by atoms with Crippen molar-refractivity contribution in [3.63, 3.8) is 0 Å². The highest BCUT2D eigenvalue weighted by Gasteiger charge is 2.28. The Kier molecular flexibility index (Phi) is 8.97. The summed E-state index contributed by atoms with van der Waals surface area (Å²) in [7, 11) is 1.59. The van der Waals surface area contributed by atoms with Gasteiger partial charge in [-0.05, 0) is 56.5 Å². The zero-order valence-corrected chi connectivity index (χ0v) is 26.0. The van der Waals surface area contributed by atoms with Gasteiger partial charge in [0.1, 0.15) is 22.9 Å².